The summed E-state index contributed by atoms with van der Waals surface area (Å²) < 4.78 is 5.59. The van der Waals surface area contributed by atoms with Gasteiger partial charge < -0.3 is 4.74 Å². The zero-order valence-corrected chi connectivity index (χ0v) is 12.3. The first-order valence-electron chi connectivity index (χ1n) is 7.22. The quantitative estimate of drug-likeness (QED) is 0.647. The fourth-order valence-electron chi connectivity index (χ4n) is 3.20. The number of benzene rings is 1. The van der Waals surface area contributed by atoms with Crippen LogP contribution in [0.1, 0.15) is 35.1 Å². The Morgan fingerprint density at radius 1 is 1.32 bits per heavy atom. The Labute approximate surface area is 116 Å². The van der Waals surface area contributed by atoms with Gasteiger partial charge in [0, 0.05) is 12.6 Å². The van der Waals surface area contributed by atoms with Gasteiger partial charge in [0.2, 0.25) is 0 Å². The second-order valence-corrected chi connectivity index (χ2v) is 5.83. The van der Waals surface area contributed by atoms with E-state index < -0.39 is 0 Å². The van der Waals surface area contributed by atoms with Gasteiger partial charge in [0.05, 0.1) is 6.61 Å². The molecule has 2 unspecified atom stereocenters. The third-order valence-corrected chi connectivity index (χ3v) is 4.24. The minimum absolute atomic E-state index is 0.306. The Balaban J connectivity index is 2.13. The highest BCUT2D eigenvalue weighted by Crippen LogP contribution is 2.23. The predicted octanol–water partition coefficient (Wildman–Crippen LogP) is 2.41. The van der Waals surface area contributed by atoms with Crippen molar-refractivity contribution in [2.45, 2.75) is 46.1 Å². The third-order valence-electron chi connectivity index (χ3n) is 4.24. The molecule has 1 aliphatic heterocycles. The third kappa shape index (κ3) is 3.56. The molecule has 0 spiro atoms. The number of rotatable bonds is 4. The first-order valence-corrected chi connectivity index (χ1v) is 7.22. The van der Waals surface area contributed by atoms with E-state index in [-0.39, 0.29) is 0 Å². The second-order valence-electron chi connectivity index (χ2n) is 5.83. The van der Waals surface area contributed by atoms with Crippen molar-refractivity contribution in [3.8, 4) is 0 Å². The second kappa shape index (κ2) is 6.51. The van der Waals surface area contributed by atoms with Gasteiger partial charge in [-0.1, -0.05) is 17.7 Å². The number of nitrogens with two attached hydrogens (primary N) is 1. The van der Waals surface area contributed by atoms with E-state index in [2.05, 4.69) is 38.3 Å². The Hall–Kier alpha value is -0.900. The van der Waals surface area contributed by atoms with Crippen molar-refractivity contribution in [2.24, 2.45) is 11.8 Å². The fraction of sp³-hybridized carbons (Fsp3) is 0.625. The number of aryl methyl sites for hydroxylation is 3. The molecule has 0 radical (unpaired) electrons. The van der Waals surface area contributed by atoms with E-state index >= 15 is 0 Å². The Morgan fingerprint density at radius 2 is 2.00 bits per heavy atom. The van der Waals surface area contributed by atoms with E-state index in [1.807, 2.05) is 0 Å². The summed E-state index contributed by atoms with van der Waals surface area (Å²) in [4.78, 5) is 0. The van der Waals surface area contributed by atoms with Crippen LogP contribution in [0.25, 0.3) is 0 Å². The maximum Gasteiger partial charge on any atom is 0.0509 e. The highest BCUT2D eigenvalue weighted by atomic mass is 16.5. The summed E-state index contributed by atoms with van der Waals surface area (Å²) in [5, 5.41) is 0. The lowest BCUT2D eigenvalue weighted by Crippen LogP contribution is -2.45. The molecular weight excluding hydrogens is 236 g/mol. The highest BCUT2D eigenvalue weighted by molar-refractivity contribution is 5.38. The van der Waals surface area contributed by atoms with Crippen molar-refractivity contribution in [3.05, 3.63) is 34.4 Å². The molecule has 0 amide bonds. The fourth-order valence-corrected chi connectivity index (χ4v) is 3.20. The molecule has 0 saturated carbocycles. The molecule has 1 saturated heterocycles. The zero-order valence-electron chi connectivity index (χ0n) is 12.3. The number of hydrazine groups is 1. The van der Waals surface area contributed by atoms with Gasteiger partial charge in [-0.15, -0.1) is 0 Å². The monoisotopic (exact) mass is 262 g/mol. The minimum Gasteiger partial charge on any atom is -0.381 e. The zero-order chi connectivity index (χ0) is 13.8. The van der Waals surface area contributed by atoms with Crippen molar-refractivity contribution in [3.63, 3.8) is 0 Å². The van der Waals surface area contributed by atoms with Crippen molar-refractivity contribution in [2.75, 3.05) is 13.2 Å². The van der Waals surface area contributed by atoms with Gasteiger partial charge >= 0.3 is 0 Å². The molecule has 3 N–H and O–H groups in total. The molecule has 3 heteroatoms. The summed E-state index contributed by atoms with van der Waals surface area (Å²) in [5.74, 6) is 6.30. The average Bonchev–Trinajstić information content (AvgIpc) is 2.39. The molecule has 1 aromatic rings. The summed E-state index contributed by atoms with van der Waals surface area (Å²) in [5.41, 5.74) is 8.51. The molecule has 0 aliphatic carbocycles. The Morgan fingerprint density at radius 3 is 2.53 bits per heavy atom. The summed E-state index contributed by atoms with van der Waals surface area (Å²) in [6.45, 7) is 8.27. The van der Waals surface area contributed by atoms with Gasteiger partial charge in [0.1, 0.15) is 0 Å². The first-order chi connectivity index (χ1) is 9.11. The molecule has 1 fully saturated rings. The van der Waals surface area contributed by atoms with Crippen molar-refractivity contribution in [1.82, 2.24) is 5.43 Å². The maximum absolute atomic E-state index is 5.78. The molecule has 1 heterocycles. The van der Waals surface area contributed by atoms with E-state index in [1.165, 1.54) is 28.7 Å². The molecule has 19 heavy (non-hydrogen) atoms. The Kier molecular flexibility index (Phi) is 4.97. The number of hydrogen-bond donors (Lipinski definition) is 2. The average molecular weight is 262 g/mol. The normalized spacial score (nSPS) is 21.4. The summed E-state index contributed by atoms with van der Waals surface area (Å²) >= 11 is 0. The number of ether oxygens (including phenoxy) is 1. The molecule has 0 aromatic heterocycles. The summed E-state index contributed by atoms with van der Waals surface area (Å²) in [7, 11) is 0. The van der Waals surface area contributed by atoms with Crippen LogP contribution < -0.4 is 11.3 Å². The standard InChI is InChI=1S/C16H26N2O/c1-11-7-12(2)15(13(3)8-11)9-16(18-17)14-5-4-6-19-10-14/h7-8,14,16,18H,4-6,9-10,17H2,1-3H3. The van der Waals surface area contributed by atoms with Crippen molar-refractivity contribution >= 4 is 0 Å². The van der Waals surface area contributed by atoms with Gasteiger partial charge in [0.15, 0.2) is 0 Å². The van der Waals surface area contributed by atoms with Crippen LogP contribution in [-0.2, 0) is 11.2 Å². The topological polar surface area (TPSA) is 47.3 Å². The van der Waals surface area contributed by atoms with Crippen LogP contribution in [0.4, 0.5) is 0 Å². The lowest BCUT2D eigenvalue weighted by molar-refractivity contribution is 0.0393. The minimum atomic E-state index is 0.306. The van der Waals surface area contributed by atoms with Crippen LogP contribution in [0.5, 0.6) is 0 Å². The maximum atomic E-state index is 5.78. The largest absolute Gasteiger partial charge is 0.381 e. The van der Waals surface area contributed by atoms with Gasteiger partial charge in [-0.2, -0.15) is 0 Å². The van der Waals surface area contributed by atoms with E-state index in [0.717, 1.165) is 26.1 Å². The summed E-state index contributed by atoms with van der Waals surface area (Å²) in [6.07, 6.45) is 3.34. The molecule has 106 valence electrons. The Bertz CT molecular complexity index is 402. The van der Waals surface area contributed by atoms with Crippen LogP contribution in [0.3, 0.4) is 0 Å². The lowest BCUT2D eigenvalue weighted by Gasteiger charge is -2.30. The van der Waals surface area contributed by atoms with Gasteiger partial charge in [0.25, 0.3) is 0 Å². The molecule has 0 bridgehead atoms. The molecular formula is C16H26N2O. The van der Waals surface area contributed by atoms with E-state index in [4.69, 9.17) is 10.6 Å². The van der Waals surface area contributed by atoms with Crippen LogP contribution in [-0.4, -0.2) is 19.3 Å². The molecule has 2 rings (SSSR count). The van der Waals surface area contributed by atoms with Crippen molar-refractivity contribution < 1.29 is 4.74 Å². The highest BCUT2D eigenvalue weighted by Gasteiger charge is 2.24. The number of nitrogens with one attached hydrogen (secondary N) is 1. The van der Waals surface area contributed by atoms with Crippen LogP contribution >= 0.6 is 0 Å². The molecule has 3 nitrogen and oxygen atoms in total. The molecule has 2 atom stereocenters. The summed E-state index contributed by atoms with van der Waals surface area (Å²) in [6, 6.07) is 4.82. The molecule has 1 aliphatic rings. The van der Waals surface area contributed by atoms with Crippen LogP contribution in [0, 0.1) is 26.7 Å². The SMILES string of the molecule is Cc1cc(C)c(CC(NN)C2CCCOC2)c(C)c1. The lowest BCUT2D eigenvalue weighted by atomic mass is 9.86. The number of hydrogen-bond acceptors (Lipinski definition) is 3. The smallest absolute Gasteiger partial charge is 0.0509 e. The van der Waals surface area contributed by atoms with Crippen molar-refractivity contribution in [1.29, 1.82) is 0 Å². The van der Waals surface area contributed by atoms with Gasteiger partial charge in [-0.05, 0) is 62.6 Å². The van der Waals surface area contributed by atoms with Crippen LogP contribution in [0.2, 0.25) is 0 Å². The van der Waals surface area contributed by atoms with Crippen LogP contribution in [0.15, 0.2) is 12.1 Å². The van der Waals surface area contributed by atoms with E-state index in [9.17, 15) is 0 Å². The van der Waals surface area contributed by atoms with Gasteiger partial charge in [-0.25, -0.2) is 0 Å². The molecule has 1 aromatic carbocycles. The van der Waals surface area contributed by atoms with E-state index in [1.54, 1.807) is 0 Å². The van der Waals surface area contributed by atoms with Gasteiger partial charge in [-0.3, -0.25) is 11.3 Å². The van der Waals surface area contributed by atoms with E-state index in [0.29, 0.717) is 12.0 Å². The predicted molar refractivity (Wildman–Crippen MR) is 79.0 cm³/mol. The first kappa shape index (κ1) is 14.5.